The van der Waals surface area contributed by atoms with E-state index < -0.39 is 17.2 Å². The smallest absolute Gasteiger partial charge is 0.409 e. The van der Waals surface area contributed by atoms with E-state index in [1.165, 1.54) is 18.2 Å². The van der Waals surface area contributed by atoms with Crippen molar-refractivity contribution in [1.82, 2.24) is 9.99 Å². The molecule has 0 saturated carbocycles. The summed E-state index contributed by atoms with van der Waals surface area (Å²) in [6.45, 7) is -0.364. The van der Waals surface area contributed by atoms with Crippen LogP contribution in [0.5, 0.6) is 0 Å². The van der Waals surface area contributed by atoms with Crippen molar-refractivity contribution in [3.05, 3.63) is 44.1 Å². The second kappa shape index (κ2) is 4.73. The molecule has 2 rings (SSSR count). The van der Waals surface area contributed by atoms with E-state index >= 15 is 0 Å². The van der Waals surface area contributed by atoms with Gasteiger partial charge in [-0.15, -0.1) is 0 Å². The van der Waals surface area contributed by atoms with Gasteiger partial charge in [0.05, 0.1) is 11.9 Å². The molecule has 0 aliphatic heterocycles. The van der Waals surface area contributed by atoms with Crippen LogP contribution >= 0.6 is 11.6 Å². The van der Waals surface area contributed by atoms with Crippen molar-refractivity contribution in [2.24, 2.45) is 5.84 Å². The molecule has 1 aromatic heterocycles. The normalized spacial score (nSPS) is 10.8. The van der Waals surface area contributed by atoms with Crippen LogP contribution in [-0.2, 0) is 0 Å². The summed E-state index contributed by atoms with van der Waals surface area (Å²) in [6.07, 6.45) is 0. The standard InChI is InChI=1S/C10H8ClN3O4/c11-5-1-2-7-6(3-5)9(16)14(10(17)18-7)8(15)4-13-12/h1-3,13H,4,12H2. The Morgan fingerprint density at radius 2 is 2.17 bits per heavy atom. The van der Waals surface area contributed by atoms with Crippen LogP contribution in [0.25, 0.3) is 11.0 Å². The highest BCUT2D eigenvalue weighted by atomic mass is 35.5. The molecule has 0 aliphatic rings. The summed E-state index contributed by atoms with van der Waals surface area (Å²) in [5, 5.41) is 0.344. The number of nitrogens with zero attached hydrogens (tertiary/aromatic N) is 1. The Labute approximate surface area is 105 Å². The van der Waals surface area contributed by atoms with Crippen LogP contribution in [0.15, 0.2) is 32.2 Å². The molecule has 8 heteroatoms. The maximum atomic E-state index is 12.0. The first-order chi connectivity index (χ1) is 8.54. The number of nitrogens with one attached hydrogen (secondary N) is 1. The molecule has 0 spiro atoms. The molecule has 1 aromatic carbocycles. The number of aromatic nitrogens is 1. The Kier molecular flexibility index (Phi) is 3.28. The predicted molar refractivity (Wildman–Crippen MR) is 64.6 cm³/mol. The largest absolute Gasteiger partial charge is 0.429 e. The molecule has 18 heavy (non-hydrogen) atoms. The minimum absolute atomic E-state index is 0.0486. The average molecular weight is 270 g/mol. The van der Waals surface area contributed by atoms with Crippen molar-refractivity contribution in [1.29, 1.82) is 0 Å². The summed E-state index contributed by atoms with van der Waals surface area (Å²) in [4.78, 5) is 35.0. The molecule has 0 radical (unpaired) electrons. The van der Waals surface area contributed by atoms with Crippen LogP contribution in [-0.4, -0.2) is 17.0 Å². The van der Waals surface area contributed by atoms with Gasteiger partial charge in [0.1, 0.15) is 5.58 Å². The minimum atomic E-state index is -1.06. The first-order valence-electron chi connectivity index (χ1n) is 4.86. The van der Waals surface area contributed by atoms with E-state index in [1.807, 2.05) is 0 Å². The number of hydrazine groups is 1. The number of fused-ring (bicyclic) bond motifs is 1. The van der Waals surface area contributed by atoms with Gasteiger partial charge in [-0.25, -0.2) is 4.79 Å². The Morgan fingerprint density at radius 3 is 2.83 bits per heavy atom. The summed E-state index contributed by atoms with van der Waals surface area (Å²) < 4.78 is 5.23. The SMILES string of the molecule is NNCC(=O)n1c(=O)oc2ccc(Cl)cc2c1=O. The molecule has 0 fully saturated rings. The zero-order chi connectivity index (χ0) is 13.3. The number of nitrogens with two attached hydrogens (primary N) is 1. The predicted octanol–water partition coefficient (Wildman–Crippen LogP) is -0.288. The lowest BCUT2D eigenvalue weighted by Gasteiger charge is -2.03. The summed E-state index contributed by atoms with van der Waals surface area (Å²) in [5.41, 5.74) is 1.34. The lowest BCUT2D eigenvalue weighted by Crippen LogP contribution is -2.43. The Balaban J connectivity index is 2.79. The van der Waals surface area contributed by atoms with Gasteiger partial charge in [0, 0.05) is 5.02 Å². The number of rotatable bonds is 2. The zero-order valence-electron chi connectivity index (χ0n) is 8.97. The lowest BCUT2D eigenvalue weighted by molar-refractivity contribution is 0.0895. The van der Waals surface area contributed by atoms with Crippen molar-refractivity contribution >= 4 is 28.5 Å². The maximum Gasteiger partial charge on any atom is 0.429 e. The van der Waals surface area contributed by atoms with Crippen molar-refractivity contribution < 1.29 is 9.21 Å². The van der Waals surface area contributed by atoms with Crippen LogP contribution in [0.2, 0.25) is 5.02 Å². The molecule has 7 nitrogen and oxygen atoms in total. The van der Waals surface area contributed by atoms with Gasteiger partial charge < -0.3 is 4.42 Å². The number of carbonyl (C=O) groups is 1. The lowest BCUT2D eigenvalue weighted by atomic mass is 10.2. The molecular weight excluding hydrogens is 262 g/mol. The second-order valence-electron chi connectivity index (χ2n) is 3.42. The van der Waals surface area contributed by atoms with Gasteiger partial charge in [0.15, 0.2) is 0 Å². The molecule has 0 saturated heterocycles. The first-order valence-corrected chi connectivity index (χ1v) is 5.24. The van der Waals surface area contributed by atoms with E-state index in [-0.39, 0.29) is 17.5 Å². The highest BCUT2D eigenvalue weighted by Gasteiger charge is 2.15. The molecule has 0 bridgehead atoms. The second-order valence-corrected chi connectivity index (χ2v) is 3.86. The van der Waals surface area contributed by atoms with Crippen LogP contribution in [0.3, 0.4) is 0 Å². The quantitative estimate of drug-likeness (QED) is 0.573. The number of carbonyl (C=O) groups excluding carboxylic acids is 1. The third-order valence-electron chi connectivity index (χ3n) is 2.26. The van der Waals surface area contributed by atoms with Gasteiger partial charge >= 0.3 is 5.76 Å². The third-order valence-corrected chi connectivity index (χ3v) is 2.49. The number of halogens is 1. The van der Waals surface area contributed by atoms with E-state index in [9.17, 15) is 14.4 Å². The van der Waals surface area contributed by atoms with Gasteiger partial charge in [0.2, 0.25) is 0 Å². The Morgan fingerprint density at radius 1 is 1.44 bits per heavy atom. The topological polar surface area (TPSA) is 107 Å². The van der Waals surface area contributed by atoms with Gasteiger partial charge in [-0.3, -0.25) is 20.9 Å². The number of benzene rings is 1. The van der Waals surface area contributed by atoms with E-state index in [0.717, 1.165) is 0 Å². The van der Waals surface area contributed by atoms with Gasteiger partial charge in [-0.05, 0) is 18.2 Å². The molecule has 1 heterocycles. The van der Waals surface area contributed by atoms with E-state index in [2.05, 4.69) is 5.43 Å². The summed E-state index contributed by atoms with van der Waals surface area (Å²) >= 11 is 5.74. The van der Waals surface area contributed by atoms with E-state index in [0.29, 0.717) is 9.59 Å². The van der Waals surface area contributed by atoms with E-state index in [1.54, 1.807) is 0 Å². The Bertz CT molecular complexity index is 734. The molecule has 0 atom stereocenters. The van der Waals surface area contributed by atoms with Crippen molar-refractivity contribution in [3.8, 4) is 0 Å². The van der Waals surface area contributed by atoms with Gasteiger partial charge in [0.25, 0.3) is 11.5 Å². The van der Waals surface area contributed by atoms with Crippen LogP contribution < -0.4 is 22.6 Å². The van der Waals surface area contributed by atoms with Gasteiger partial charge in [-0.1, -0.05) is 11.6 Å². The highest BCUT2D eigenvalue weighted by Crippen LogP contribution is 2.14. The zero-order valence-corrected chi connectivity index (χ0v) is 9.73. The Hall–Kier alpha value is -1.96. The monoisotopic (exact) mass is 269 g/mol. The minimum Gasteiger partial charge on any atom is -0.409 e. The molecule has 94 valence electrons. The molecule has 0 unspecified atom stereocenters. The first kappa shape index (κ1) is 12.5. The van der Waals surface area contributed by atoms with Gasteiger partial charge in [-0.2, -0.15) is 4.57 Å². The molecule has 3 N–H and O–H groups in total. The molecular formula is C10H8ClN3O4. The summed E-state index contributed by atoms with van der Waals surface area (Å²) in [5.74, 6) is 3.10. The van der Waals surface area contributed by atoms with Crippen molar-refractivity contribution in [3.63, 3.8) is 0 Å². The fraction of sp³-hybridized carbons (Fsp3) is 0.100. The molecule has 2 aromatic rings. The summed E-state index contributed by atoms with van der Waals surface area (Å²) in [7, 11) is 0. The van der Waals surface area contributed by atoms with Crippen molar-refractivity contribution in [2.45, 2.75) is 0 Å². The van der Waals surface area contributed by atoms with E-state index in [4.69, 9.17) is 21.9 Å². The van der Waals surface area contributed by atoms with Crippen LogP contribution in [0.4, 0.5) is 0 Å². The number of hydrogen-bond donors (Lipinski definition) is 2. The molecule has 0 amide bonds. The maximum absolute atomic E-state index is 12.0. The third kappa shape index (κ3) is 2.06. The van der Waals surface area contributed by atoms with Crippen molar-refractivity contribution in [2.75, 3.05) is 6.54 Å². The number of hydrogen-bond acceptors (Lipinski definition) is 6. The molecule has 0 aliphatic carbocycles. The highest BCUT2D eigenvalue weighted by molar-refractivity contribution is 6.31. The fourth-order valence-electron chi connectivity index (χ4n) is 1.48. The fourth-order valence-corrected chi connectivity index (χ4v) is 1.65. The summed E-state index contributed by atoms with van der Waals surface area (Å²) in [6, 6.07) is 4.18. The van der Waals surface area contributed by atoms with Crippen LogP contribution in [0, 0.1) is 0 Å². The average Bonchev–Trinajstić information content (AvgIpc) is 2.31. The van der Waals surface area contributed by atoms with Crippen LogP contribution in [0.1, 0.15) is 4.79 Å².